The summed E-state index contributed by atoms with van der Waals surface area (Å²) in [4.78, 5) is 36.9. The number of carbonyl (C=O) groups is 2. The van der Waals surface area contributed by atoms with Crippen molar-refractivity contribution in [3.8, 4) is 11.5 Å². The second-order valence-electron chi connectivity index (χ2n) is 7.28. The Hall–Kier alpha value is -2.41. The molecule has 0 aliphatic carbocycles. The fraction of sp³-hybridized carbons (Fsp3) is 0.167. The van der Waals surface area contributed by atoms with Gasteiger partial charge in [-0.1, -0.05) is 29.8 Å². The minimum atomic E-state index is -4.81. The molecule has 0 radical (unpaired) electrons. The van der Waals surface area contributed by atoms with Crippen molar-refractivity contribution < 1.29 is 62.4 Å². The largest absolute Gasteiger partial charge is 1.00 e. The van der Waals surface area contributed by atoms with Crippen LogP contribution in [-0.2, 0) is 9.30 Å². The van der Waals surface area contributed by atoms with Crippen LogP contribution in [0.5, 0.6) is 11.5 Å². The second kappa shape index (κ2) is 11.1. The molecule has 1 unspecified atom stereocenters. The third kappa shape index (κ3) is 6.79. The average molecular weight is 476 g/mol. The predicted octanol–water partition coefficient (Wildman–Crippen LogP) is 1.56. The maximum absolute atomic E-state index is 13.0. The zero-order valence-corrected chi connectivity index (χ0v) is 22.0. The first-order valence-electron chi connectivity index (χ1n) is 9.71. The van der Waals surface area contributed by atoms with Gasteiger partial charge in [0, 0.05) is 11.1 Å². The third-order valence-electron chi connectivity index (χ3n) is 4.71. The number of aryl methyl sites for hydroxylation is 3. The van der Waals surface area contributed by atoms with Crippen LogP contribution in [0.2, 0.25) is 0 Å². The zero-order chi connectivity index (χ0) is 23.5. The molecule has 0 saturated heterocycles. The molecule has 7 nitrogen and oxygen atoms in total. The standard InChI is InChI=1S/C24H23O7P.Na/c1-15-12-16(2)22(17(3)13-15)23(25)19-6-5-7-21(14-19)31-32(27,28)30-20-10-8-18(9-11-20)24(26)29-4;/h5-14H,1-4H3,(H,27,28);/q;+1/p-1. The van der Waals surface area contributed by atoms with Gasteiger partial charge >= 0.3 is 43.3 Å². The van der Waals surface area contributed by atoms with Crippen LogP contribution in [0.25, 0.3) is 0 Å². The second-order valence-corrected chi connectivity index (χ2v) is 8.54. The number of phosphoric ester groups is 1. The maximum atomic E-state index is 13.0. The molecule has 3 aromatic rings. The van der Waals surface area contributed by atoms with E-state index in [1.165, 1.54) is 49.6 Å². The van der Waals surface area contributed by atoms with Gasteiger partial charge in [-0.3, -0.25) is 4.79 Å². The van der Waals surface area contributed by atoms with E-state index in [4.69, 9.17) is 9.05 Å². The number of phosphoric acid groups is 1. The molecular weight excluding hydrogens is 454 g/mol. The van der Waals surface area contributed by atoms with Crippen molar-refractivity contribution in [3.63, 3.8) is 0 Å². The molecule has 0 amide bonds. The van der Waals surface area contributed by atoms with Crippen molar-refractivity contribution >= 4 is 19.6 Å². The first-order valence-corrected chi connectivity index (χ1v) is 11.2. The molecule has 9 heteroatoms. The van der Waals surface area contributed by atoms with E-state index < -0.39 is 13.8 Å². The van der Waals surface area contributed by atoms with Gasteiger partial charge in [-0.2, -0.15) is 0 Å². The van der Waals surface area contributed by atoms with Crippen LogP contribution in [0, 0.1) is 20.8 Å². The summed E-state index contributed by atoms with van der Waals surface area (Å²) in [5.74, 6) is -0.874. The molecule has 1 atom stereocenters. The fourth-order valence-electron chi connectivity index (χ4n) is 3.42. The van der Waals surface area contributed by atoms with Gasteiger partial charge in [-0.25, -0.2) is 9.36 Å². The van der Waals surface area contributed by atoms with E-state index in [0.717, 1.165) is 16.7 Å². The summed E-state index contributed by atoms with van der Waals surface area (Å²) < 4.78 is 26.9. The van der Waals surface area contributed by atoms with E-state index in [-0.39, 0.29) is 52.4 Å². The van der Waals surface area contributed by atoms with Gasteiger partial charge in [0.25, 0.3) is 0 Å². The first kappa shape index (κ1) is 26.8. The third-order valence-corrected chi connectivity index (χ3v) is 5.58. The summed E-state index contributed by atoms with van der Waals surface area (Å²) in [5, 5.41) is 0. The summed E-state index contributed by atoms with van der Waals surface area (Å²) >= 11 is 0. The van der Waals surface area contributed by atoms with Crippen molar-refractivity contribution in [2.45, 2.75) is 20.8 Å². The molecule has 0 spiro atoms. The Labute approximate surface area is 214 Å². The number of ketones is 1. The van der Waals surface area contributed by atoms with Gasteiger partial charge in [0.05, 0.1) is 12.7 Å². The Bertz CT molecular complexity index is 1200. The number of methoxy groups -OCH3 is 1. The van der Waals surface area contributed by atoms with Crippen molar-refractivity contribution in [3.05, 3.63) is 94.0 Å². The number of ether oxygens (including phenoxy) is 1. The van der Waals surface area contributed by atoms with Crippen LogP contribution >= 0.6 is 7.82 Å². The first-order chi connectivity index (χ1) is 15.1. The van der Waals surface area contributed by atoms with Crippen molar-refractivity contribution in [1.82, 2.24) is 0 Å². The molecule has 0 N–H and O–H groups in total. The molecule has 0 bridgehead atoms. The van der Waals surface area contributed by atoms with E-state index in [9.17, 15) is 19.0 Å². The van der Waals surface area contributed by atoms with Gasteiger partial charge in [0.2, 0.25) is 0 Å². The van der Waals surface area contributed by atoms with Crippen molar-refractivity contribution in [1.29, 1.82) is 0 Å². The SMILES string of the molecule is COC(=O)c1ccc(OP(=O)([O-])Oc2cccc(C(=O)c3c(C)cc(C)cc3C)c2)cc1.[Na+]. The quantitative estimate of drug-likeness (QED) is 0.221. The van der Waals surface area contributed by atoms with E-state index >= 15 is 0 Å². The number of rotatable bonds is 7. The predicted molar refractivity (Wildman–Crippen MR) is 117 cm³/mol. The minimum absolute atomic E-state index is 0. The number of carbonyl (C=O) groups excluding carboxylic acids is 2. The molecule has 0 aliphatic rings. The number of hydrogen-bond acceptors (Lipinski definition) is 7. The number of benzene rings is 3. The zero-order valence-electron chi connectivity index (χ0n) is 19.1. The van der Waals surface area contributed by atoms with Gasteiger partial charge in [0.15, 0.2) is 5.78 Å². The Balaban J connectivity index is 0.00000385. The fourth-order valence-corrected chi connectivity index (χ4v) is 4.21. The summed E-state index contributed by atoms with van der Waals surface area (Å²) in [6, 6.07) is 15.1. The Morgan fingerprint density at radius 3 is 1.97 bits per heavy atom. The molecule has 0 heterocycles. The molecule has 33 heavy (non-hydrogen) atoms. The van der Waals surface area contributed by atoms with Crippen LogP contribution < -0.4 is 43.5 Å². The number of esters is 1. The minimum Gasteiger partial charge on any atom is -0.736 e. The molecule has 0 fully saturated rings. The molecule has 0 saturated carbocycles. The van der Waals surface area contributed by atoms with Crippen LogP contribution in [0.1, 0.15) is 43.0 Å². The van der Waals surface area contributed by atoms with E-state index in [0.29, 0.717) is 11.1 Å². The van der Waals surface area contributed by atoms with Gasteiger partial charge in [-0.15, -0.1) is 0 Å². The van der Waals surface area contributed by atoms with Crippen molar-refractivity contribution in [2.75, 3.05) is 7.11 Å². The number of hydrogen-bond donors (Lipinski definition) is 0. The summed E-state index contributed by atoms with van der Waals surface area (Å²) in [6.45, 7) is 5.68. The van der Waals surface area contributed by atoms with Gasteiger partial charge < -0.3 is 18.7 Å². The summed E-state index contributed by atoms with van der Waals surface area (Å²) in [7, 11) is -3.56. The van der Waals surface area contributed by atoms with E-state index in [2.05, 4.69) is 4.74 Å². The molecule has 166 valence electrons. The summed E-state index contributed by atoms with van der Waals surface area (Å²) in [5.41, 5.74) is 3.84. The summed E-state index contributed by atoms with van der Waals surface area (Å²) in [6.07, 6.45) is 0. The normalized spacial score (nSPS) is 12.2. The maximum Gasteiger partial charge on any atom is 1.00 e. The molecular formula is C24H22NaO7P. The topological polar surface area (TPSA) is 102 Å². The van der Waals surface area contributed by atoms with Gasteiger partial charge in [-0.05, 0) is 68.3 Å². The Kier molecular flexibility index (Phi) is 9.06. The van der Waals surface area contributed by atoms with Gasteiger partial charge in [0.1, 0.15) is 11.5 Å². The molecule has 0 aliphatic heterocycles. The average Bonchev–Trinajstić information content (AvgIpc) is 2.72. The van der Waals surface area contributed by atoms with E-state index in [1.54, 1.807) is 6.07 Å². The molecule has 3 rings (SSSR count). The van der Waals surface area contributed by atoms with E-state index in [1.807, 2.05) is 32.9 Å². The van der Waals surface area contributed by atoms with Crippen LogP contribution in [0.3, 0.4) is 0 Å². The molecule has 0 aromatic heterocycles. The van der Waals surface area contributed by atoms with Crippen molar-refractivity contribution in [2.24, 2.45) is 0 Å². The Morgan fingerprint density at radius 2 is 1.39 bits per heavy atom. The van der Waals surface area contributed by atoms with Crippen LogP contribution in [-0.4, -0.2) is 18.9 Å². The van der Waals surface area contributed by atoms with Crippen LogP contribution in [0.4, 0.5) is 0 Å². The van der Waals surface area contributed by atoms with Crippen LogP contribution in [0.15, 0.2) is 60.7 Å². The Morgan fingerprint density at radius 1 is 0.818 bits per heavy atom. The monoisotopic (exact) mass is 476 g/mol. The molecule has 3 aromatic carbocycles. The smallest absolute Gasteiger partial charge is 0.736 e.